The Hall–Kier alpha value is -15.6. The summed E-state index contributed by atoms with van der Waals surface area (Å²) in [6, 6.07) is 56.9. The maximum Gasteiger partial charge on any atom is 0.255 e. The monoisotopic (exact) mass is 1830 g/mol. The number of hydrogen-bond donors (Lipinski definition) is 6. The van der Waals surface area contributed by atoms with Gasteiger partial charge in [-0.15, -0.1) is 0 Å². The number of aldehydes is 5. The smallest absolute Gasteiger partial charge is 0.255 e. The summed E-state index contributed by atoms with van der Waals surface area (Å²) in [5.41, 5.74) is 6.86. The van der Waals surface area contributed by atoms with Crippen molar-refractivity contribution in [3.8, 4) is 63.2 Å². The van der Waals surface area contributed by atoms with E-state index in [4.69, 9.17) is 23.7 Å². The molecule has 10 aromatic rings. The van der Waals surface area contributed by atoms with Gasteiger partial charge in [0, 0.05) is 116 Å². The lowest BCUT2D eigenvalue weighted by Crippen LogP contribution is -2.41. The van der Waals surface area contributed by atoms with E-state index >= 15 is 0 Å². The maximum atomic E-state index is 12.9. The van der Waals surface area contributed by atoms with Crippen LogP contribution in [0.5, 0.6) is 63.2 Å². The molecule has 0 radical (unpaired) electrons. The minimum atomic E-state index is -0.307. The van der Waals surface area contributed by atoms with Crippen molar-refractivity contribution in [3.63, 3.8) is 0 Å². The largest absolute Gasteiger partial charge is 0.507 e. The number of likely N-dealkylation sites (tertiary alicyclic amines) is 5. The van der Waals surface area contributed by atoms with Gasteiger partial charge in [0.05, 0.1) is 82.5 Å². The van der Waals surface area contributed by atoms with E-state index in [1.165, 1.54) is 18.2 Å². The van der Waals surface area contributed by atoms with Gasteiger partial charge in [-0.05, 0) is 173 Å². The van der Waals surface area contributed by atoms with Gasteiger partial charge < -0.3 is 78.8 Å². The molecule has 135 heavy (non-hydrogen) atoms. The van der Waals surface area contributed by atoms with E-state index in [1.54, 1.807) is 233 Å². The molecule has 5 saturated heterocycles. The van der Waals surface area contributed by atoms with Gasteiger partial charge in [0.1, 0.15) is 82.4 Å². The Morgan fingerprint density at radius 2 is 0.600 bits per heavy atom. The molecule has 0 bridgehead atoms. The van der Waals surface area contributed by atoms with Crippen LogP contribution in [-0.4, -0.2) is 214 Å². The predicted molar refractivity (Wildman–Crippen MR) is 518 cm³/mol. The Balaban J connectivity index is 0.000000162. The number of carbonyl (C=O) groups excluding carboxylic acids is 10. The molecule has 26 nitrogen and oxygen atoms in total. The number of benzene rings is 10. The summed E-state index contributed by atoms with van der Waals surface area (Å²) in [4.78, 5) is 128. The van der Waals surface area contributed by atoms with Crippen LogP contribution in [0.15, 0.2) is 239 Å². The van der Waals surface area contributed by atoms with Crippen molar-refractivity contribution >= 4 is 91.3 Å². The number of rotatable bonds is 30. The zero-order valence-corrected chi connectivity index (χ0v) is 75.3. The molecule has 5 amide bonds. The van der Waals surface area contributed by atoms with Crippen LogP contribution in [0.3, 0.4) is 0 Å². The molecule has 0 spiro atoms. The summed E-state index contributed by atoms with van der Waals surface area (Å²) < 4.78 is 29.5. The lowest BCUT2D eigenvalue weighted by Gasteiger charge is -2.33. The Labute approximate surface area is 785 Å². The van der Waals surface area contributed by atoms with Gasteiger partial charge in [0.2, 0.25) is 0 Å². The second-order valence-corrected chi connectivity index (χ2v) is 33.1. The van der Waals surface area contributed by atoms with Crippen LogP contribution in [0.2, 0.25) is 0 Å². The maximum absolute atomic E-state index is 12.9. The molecule has 26 heteroatoms. The average Bonchev–Trinajstić information content (AvgIpc) is 1.31. The third-order valence-electron chi connectivity index (χ3n) is 24.1. The zero-order valence-electron chi connectivity index (χ0n) is 75.3. The standard InChI is InChI=1S/4C22H23NO4.C21H21NO5/c1-2-19-20(25)9-4-10-21(19)27-15-17-7-5-11-23(13-17)22(26)18-8-3-6-16(12-18)14-24;1-2-19-20(25)6-3-7-21(19)27-15-17-5-4-12-23(13-17)22(26)18-10-8-16(14-24)9-11-18;2*1-2-18-20(25)10-5-11-21(18)27-15-16-7-6-12-23(13-16)22(26)19-9-4-3-8-17(19)14-24;1-2-15-18(24)9-4-10-20(15)27-13-14-6-5-11-22(14)21(26)16-7-3-8-19(25)17(16)12-23/h2-4,6,8-10,12,14,17,25H,1,5,7,11,13,15H2;2-3,6-11,14,17,25H,1,4-5,12-13,15H2;2*2-5,8-11,14,16,25H,1,6-7,12-13,15H2;2-4,7-10,12,14,24-25H,1,5-6,11,13H2/t2*17-;2*16-;14-/m11100/s1. The van der Waals surface area contributed by atoms with Crippen LogP contribution >= 0.6 is 0 Å². The van der Waals surface area contributed by atoms with Crippen molar-refractivity contribution in [2.24, 2.45) is 23.7 Å². The van der Waals surface area contributed by atoms with Crippen molar-refractivity contribution < 1.29 is 102 Å². The minimum absolute atomic E-state index is 0.00371. The van der Waals surface area contributed by atoms with Crippen molar-refractivity contribution in [1.82, 2.24) is 24.5 Å². The normalized spacial score (nSPS) is 16.5. The molecule has 5 aliphatic heterocycles. The highest BCUT2D eigenvalue weighted by Crippen LogP contribution is 2.37. The highest BCUT2D eigenvalue weighted by atomic mass is 16.5. The molecule has 5 aliphatic rings. The fourth-order valence-corrected chi connectivity index (χ4v) is 16.9. The summed E-state index contributed by atoms with van der Waals surface area (Å²) in [5, 5.41) is 59.2. The van der Waals surface area contributed by atoms with E-state index in [1.807, 2.05) is 9.80 Å². The molecule has 700 valence electrons. The van der Waals surface area contributed by atoms with Crippen LogP contribution < -0.4 is 23.7 Å². The Bertz CT molecular complexity index is 5750. The van der Waals surface area contributed by atoms with Crippen LogP contribution in [0, 0.1) is 23.7 Å². The first-order valence-corrected chi connectivity index (χ1v) is 44.9. The van der Waals surface area contributed by atoms with Crippen molar-refractivity contribution in [3.05, 3.63) is 323 Å². The predicted octanol–water partition coefficient (Wildman–Crippen LogP) is 18.4. The van der Waals surface area contributed by atoms with Crippen LogP contribution in [-0.2, 0) is 0 Å². The topological polar surface area (TPSA) is 354 Å². The zero-order chi connectivity index (χ0) is 96.3. The molecule has 6 N–H and O–H groups in total. The number of aromatic hydroxyl groups is 6. The SMILES string of the molecule is C=Cc1c(O)cccc1OC[C@@H]1CCCN(C(=O)c2ccc(C=O)cc2)C1.C=Cc1c(O)cccc1OC[C@@H]1CCCN(C(=O)c2cccc(C=O)c2)C1.C=Cc1c(O)cccc1OC[C@@H]1CCCN(C(=O)c2ccccc2C=O)C1.C=Cc1c(O)cccc1OC[C@@H]1CCCN1C(=O)c1cccc(O)c1C=O.C=Cc1c(O)cccc1OC[C@H]1CCCN(C(=O)c2ccccc2C=O)C1. The molecule has 5 heterocycles. The number of piperidine rings is 4. The number of ether oxygens (including phenoxy) is 5. The summed E-state index contributed by atoms with van der Waals surface area (Å²) in [5.74, 6) is 3.42. The third-order valence-corrected chi connectivity index (χ3v) is 24.1. The molecule has 0 unspecified atom stereocenters. The van der Waals surface area contributed by atoms with Gasteiger partial charge in [0.15, 0.2) is 18.9 Å². The highest BCUT2D eigenvalue weighted by Gasteiger charge is 2.35. The summed E-state index contributed by atoms with van der Waals surface area (Å²) in [6.07, 6.45) is 20.3. The van der Waals surface area contributed by atoms with Gasteiger partial charge in [-0.3, -0.25) is 47.9 Å². The number of nitrogens with zero attached hydrogens (tertiary/aromatic N) is 5. The first-order valence-electron chi connectivity index (χ1n) is 44.9. The molecule has 5 atom stereocenters. The highest BCUT2D eigenvalue weighted by molar-refractivity contribution is 6.04. The Morgan fingerprint density at radius 1 is 0.289 bits per heavy atom. The average molecular weight is 1830 g/mol. The molecule has 0 saturated carbocycles. The van der Waals surface area contributed by atoms with Crippen LogP contribution in [0.25, 0.3) is 30.4 Å². The number of phenols is 6. The minimum Gasteiger partial charge on any atom is -0.507 e. The van der Waals surface area contributed by atoms with Crippen LogP contribution in [0.1, 0.15) is 196 Å². The third kappa shape index (κ3) is 26.6. The van der Waals surface area contributed by atoms with Crippen LogP contribution in [0.4, 0.5) is 0 Å². The fourth-order valence-electron chi connectivity index (χ4n) is 16.9. The van der Waals surface area contributed by atoms with E-state index in [-0.39, 0.29) is 111 Å². The fraction of sp³-hybridized carbons (Fsp3) is 0.266. The molecular weight excluding hydrogens is 1720 g/mol. The first-order chi connectivity index (χ1) is 65.6. The number of amides is 5. The Kier molecular flexibility index (Phi) is 37.1. The Morgan fingerprint density at radius 3 is 0.948 bits per heavy atom. The van der Waals surface area contributed by atoms with Gasteiger partial charge in [-0.25, -0.2) is 0 Å². The number of phenolic OH excluding ortho intramolecular Hbond substituents is 6. The second-order valence-electron chi connectivity index (χ2n) is 33.1. The summed E-state index contributed by atoms with van der Waals surface area (Å²) in [6.45, 7) is 26.3. The number of carbonyl (C=O) groups is 10. The molecule has 5 fully saturated rings. The van der Waals surface area contributed by atoms with Crippen molar-refractivity contribution in [2.45, 2.75) is 70.3 Å². The molecular formula is C109H113N5O21. The molecule has 10 aromatic carbocycles. The van der Waals surface area contributed by atoms with Gasteiger partial charge >= 0.3 is 0 Å². The summed E-state index contributed by atoms with van der Waals surface area (Å²) >= 11 is 0. The van der Waals surface area contributed by atoms with Crippen molar-refractivity contribution in [2.75, 3.05) is 91.9 Å². The summed E-state index contributed by atoms with van der Waals surface area (Å²) in [7, 11) is 0. The van der Waals surface area contributed by atoms with Gasteiger partial charge in [-0.1, -0.05) is 160 Å². The van der Waals surface area contributed by atoms with E-state index in [9.17, 15) is 78.6 Å². The second kappa shape index (κ2) is 50.1. The van der Waals surface area contributed by atoms with E-state index in [0.29, 0.717) is 186 Å². The number of hydrogen-bond acceptors (Lipinski definition) is 21. The van der Waals surface area contributed by atoms with E-state index < -0.39 is 0 Å². The molecule has 0 aliphatic carbocycles. The van der Waals surface area contributed by atoms with Crippen molar-refractivity contribution in [1.29, 1.82) is 0 Å². The lowest BCUT2D eigenvalue weighted by atomic mass is 9.97. The van der Waals surface area contributed by atoms with E-state index in [0.717, 1.165) is 95.9 Å². The quantitative estimate of drug-likeness (QED) is 0.0228. The molecule has 15 rings (SSSR count). The van der Waals surface area contributed by atoms with Gasteiger partial charge in [-0.2, -0.15) is 0 Å². The van der Waals surface area contributed by atoms with E-state index in [2.05, 4.69) is 32.9 Å². The lowest BCUT2D eigenvalue weighted by molar-refractivity contribution is 0.0625. The first kappa shape index (κ1) is 100.0. The molecule has 0 aromatic heterocycles. The van der Waals surface area contributed by atoms with Gasteiger partial charge in [0.25, 0.3) is 29.5 Å².